The second-order valence-electron chi connectivity index (χ2n) is 4.24. The predicted octanol–water partition coefficient (Wildman–Crippen LogP) is 0.903. The Hall–Kier alpha value is -1.04. The lowest BCUT2D eigenvalue weighted by atomic mass is 10.2. The maximum atomic E-state index is 9.16. The third-order valence-corrected chi connectivity index (χ3v) is 2.85. The summed E-state index contributed by atoms with van der Waals surface area (Å²) in [5.41, 5.74) is 6.32. The second-order valence-corrected chi connectivity index (χ2v) is 4.62. The largest absolute Gasteiger partial charge is 0.399 e. The molecule has 0 spiro atoms. The van der Waals surface area contributed by atoms with Gasteiger partial charge in [0.25, 0.3) is 0 Å². The van der Waals surface area contributed by atoms with Gasteiger partial charge in [-0.25, -0.2) is 4.98 Å². The molecular formula is C11H16ClN3O2. The number of aromatic nitrogens is 1. The molecule has 0 aromatic carbocycles. The number of hydrogen-bond donors (Lipinski definition) is 2. The maximum absolute atomic E-state index is 9.16. The number of hydrogen-bond acceptors (Lipinski definition) is 5. The molecule has 0 bridgehead atoms. The van der Waals surface area contributed by atoms with Crippen molar-refractivity contribution in [2.45, 2.75) is 19.1 Å². The highest BCUT2D eigenvalue weighted by Crippen LogP contribution is 2.23. The minimum absolute atomic E-state index is 0.00309. The minimum Gasteiger partial charge on any atom is -0.399 e. The average molecular weight is 258 g/mol. The fourth-order valence-electron chi connectivity index (χ4n) is 2.00. The molecule has 2 atom stereocenters. The van der Waals surface area contributed by atoms with E-state index in [0.29, 0.717) is 23.9 Å². The number of pyridine rings is 1. The summed E-state index contributed by atoms with van der Waals surface area (Å²) < 4.78 is 5.56. The molecule has 17 heavy (non-hydrogen) atoms. The van der Waals surface area contributed by atoms with Crippen LogP contribution in [0.5, 0.6) is 0 Å². The van der Waals surface area contributed by atoms with Gasteiger partial charge in [-0.05, 0) is 13.0 Å². The summed E-state index contributed by atoms with van der Waals surface area (Å²) in [7, 11) is 0. The van der Waals surface area contributed by atoms with E-state index in [1.807, 2.05) is 11.8 Å². The molecule has 3 N–H and O–H groups in total. The van der Waals surface area contributed by atoms with Crippen LogP contribution in [-0.4, -0.2) is 42.0 Å². The molecule has 1 fully saturated rings. The standard InChI is InChI=1S/C11H16ClN3O2/c1-7-4-15(5-9(6-16)17-7)11-3-8(13)2-10(12)14-11/h2-3,7,9,16H,4-6H2,1H3,(H2,13,14). The van der Waals surface area contributed by atoms with Gasteiger partial charge < -0.3 is 20.5 Å². The Balaban J connectivity index is 2.20. The van der Waals surface area contributed by atoms with Crippen molar-refractivity contribution in [3.05, 3.63) is 17.3 Å². The van der Waals surface area contributed by atoms with Gasteiger partial charge in [0.15, 0.2) is 0 Å². The summed E-state index contributed by atoms with van der Waals surface area (Å²) in [6, 6.07) is 3.39. The lowest BCUT2D eigenvalue weighted by Crippen LogP contribution is -2.48. The van der Waals surface area contributed by atoms with Crippen LogP contribution in [0.3, 0.4) is 0 Å². The maximum Gasteiger partial charge on any atom is 0.133 e. The van der Waals surface area contributed by atoms with Crippen LogP contribution in [0.25, 0.3) is 0 Å². The van der Waals surface area contributed by atoms with Crippen LogP contribution in [0.1, 0.15) is 6.92 Å². The number of rotatable bonds is 2. The van der Waals surface area contributed by atoms with Crippen molar-refractivity contribution in [1.82, 2.24) is 4.98 Å². The number of nitrogens with two attached hydrogens (primary N) is 1. The van der Waals surface area contributed by atoms with Crippen molar-refractivity contribution >= 4 is 23.1 Å². The van der Waals surface area contributed by atoms with Gasteiger partial charge >= 0.3 is 0 Å². The van der Waals surface area contributed by atoms with E-state index in [2.05, 4.69) is 4.98 Å². The average Bonchev–Trinajstić information content (AvgIpc) is 2.26. The van der Waals surface area contributed by atoms with Crippen molar-refractivity contribution in [3.8, 4) is 0 Å². The Bertz CT molecular complexity index is 382. The first-order chi connectivity index (χ1) is 8.08. The van der Waals surface area contributed by atoms with Crippen LogP contribution in [0.2, 0.25) is 5.15 Å². The molecule has 0 aliphatic carbocycles. The van der Waals surface area contributed by atoms with Gasteiger partial charge in [-0.1, -0.05) is 11.6 Å². The highest BCUT2D eigenvalue weighted by atomic mass is 35.5. The quantitative estimate of drug-likeness (QED) is 0.771. The molecular weight excluding hydrogens is 242 g/mol. The fourth-order valence-corrected chi connectivity index (χ4v) is 2.21. The highest BCUT2D eigenvalue weighted by molar-refractivity contribution is 6.29. The SMILES string of the molecule is CC1CN(c2cc(N)cc(Cl)n2)CC(CO)O1. The molecule has 1 aromatic heterocycles. The van der Waals surface area contributed by atoms with Gasteiger partial charge in [-0.15, -0.1) is 0 Å². The topological polar surface area (TPSA) is 71.6 Å². The van der Waals surface area contributed by atoms with Crippen LogP contribution in [0.4, 0.5) is 11.5 Å². The van der Waals surface area contributed by atoms with Gasteiger partial charge in [-0.3, -0.25) is 0 Å². The number of halogens is 1. The molecule has 1 saturated heterocycles. The van der Waals surface area contributed by atoms with E-state index in [1.54, 1.807) is 12.1 Å². The summed E-state index contributed by atoms with van der Waals surface area (Å²) in [6.07, 6.45) is -0.149. The Labute approximate surface area is 105 Å². The van der Waals surface area contributed by atoms with E-state index < -0.39 is 0 Å². The van der Waals surface area contributed by atoms with Crippen molar-refractivity contribution in [3.63, 3.8) is 0 Å². The first kappa shape index (κ1) is 12.4. The number of aliphatic hydroxyl groups excluding tert-OH is 1. The first-order valence-electron chi connectivity index (χ1n) is 5.53. The molecule has 94 valence electrons. The lowest BCUT2D eigenvalue weighted by Gasteiger charge is -2.36. The number of ether oxygens (including phenoxy) is 1. The van der Waals surface area contributed by atoms with E-state index in [4.69, 9.17) is 27.2 Å². The van der Waals surface area contributed by atoms with Crippen LogP contribution < -0.4 is 10.6 Å². The number of aliphatic hydroxyl groups is 1. The number of nitrogens with zero attached hydrogens (tertiary/aromatic N) is 2. The summed E-state index contributed by atoms with van der Waals surface area (Å²) in [5.74, 6) is 0.726. The van der Waals surface area contributed by atoms with Crippen LogP contribution in [-0.2, 0) is 4.74 Å². The first-order valence-corrected chi connectivity index (χ1v) is 5.90. The molecule has 1 aliphatic heterocycles. The monoisotopic (exact) mass is 257 g/mol. The van der Waals surface area contributed by atoms with Gasteiger partial charge in [0.1, 0.15) is 11.0 Å². The lowest BCUT2D eigenvalue weighted by molar-refractivity contribution is -0.0423. The molecule has 2 heterocycles. The fraction of sp³-hybridized carbons (Fsp3) is 0.545. The van der Waals surface area contributed by atoms with Crippen LogP contribution >= 0.6 is 11.6 Å². The second kappa shape index (κ2) is 5.08. The van der Waals surface area contributed by atoms with E-state index in [-0.39, 0.29) is 18.8 Å². The molecule has 1 aliphatic rings. The third-order valence-electron chi connectivity index (χ3n) is 2.66. The van der Waals surface area contributed by atoms with Gasteiger partial charge in [-0.2, -0.15) is 0 Å². The normalized spacial score (nSPS) is 25.0. The van der Waals surface area contributed by atoms with E-state index >= 15 is 0 Å². The zero-order valence-corrected chi connectivity index (χ0v) is 10.4. The highest BCUT2D eigenvalue weighted by Gasteiger charge is 2.25. The molecule has 2 rings (SSSR count). The summed E-state index contributed by atoms with van der Waals surface area (Å²) in [6.45, 7) is 3.26. The number of nitrogen functional groups attached to an aromatic ring is 1. The summed E-state index contributed by atoms with van der Waals surface area (Å²) in [5, 5.41) is 9.53. The summed E-state index contributed by atoms with van der Waals surface area (Å²) >= 11 is 5.88. The van der Waals surface area contributed by atoms with Crippen molar-refractivity contribution in [2.24, 2.45) is 0 Å². The third kappa shape index (κ3) is 3.00. The number of morpholine rings is 1. The molecule has 1 aromatic rings. The van der Waals surface area contributed by atoms with Crippen LogP contribution in [0.15, 0.2) is 12.1 Å². The zero-order valence-electron chi connectivity index (χ0n) is 9.64. The Morgan fingerprint density at radius 3 is 3.00 bits per heavy atom. The van der Waals surface area contributed by atoms with Crippen LogP contribution in [0, 0.1) is 0 Å². The van der Waals surface area contributed by atoms with Crippen molar-refractivity contribution < 1.29 is 9.84 Å². The Morgan fingerprint density at radius 2 is 2.35 bits per heavy atom. The molecule has 6 heteroatoms. The Morgan fingerprint density at radius 1 is 1.59 bits per heavy atom. The van der Waals surface area contributed by atoms with E-state index in [0.717, 1.165) is 5.82 Å². The van der Waals surface area contributed by atoms with E-state index in [9.17, 15) is 0 Å². The van der Waals surface area contributed by atoms with Crippen molar-refractivity contribution in [2.75, 3.05) is 30.3 Å². The molecule has 0 radical (unpaired) electrons. The molecule has 5 nitrogen and oxygen atoms in total. The van der Waals surface area contributed by atoms with Gasteiger partial charge in [0, 0.05) is 24.8 Å². The minimum atomic E-state index is -0.194. The van der Waals surface area contributed by atoms with Gasteiger partial charge in [0.05, 0.1) is 18.8 Å². The Kier molecular flexibility index (Phi) is 3.71. The van der Waals surface area contributed by atoms with E-state index in [1.165, 1.54) is 0 Å². The summed E-state index contributed by atoms with van der Waals surface area (Å²) in [4.78, 5) is 6.26. The number of anilines is 2. The molecule has 2 unspecified atom stereocenters. The smallest absolute Gasteiger partial charge is 0.133 e. The van der Waals surface area contributed by atoms with Crippen molar-refractivity contribution in [1.29, 1.82) is 0 Å². The zero-order chi connectivity index (χ0) is 12.4. The molecule has 0 saturated carbocycles. The van der Waals surface area contributed by atoms with Gasteiger partial charge in [0.2, 0.25) is 0 Å². The predicted molar refractivity (Wildman–Crippen MR) is 67.3 cm³/mol. The molecule has 0 amide bonds.